The number of aliphatic hydroxyl groups excluding tert-OH is 1. The minimum absolute atomic E-state index is 0.0269. The number of ketones is 1. The molecule has 31 heavy (non-hydrogen) atoms. The van der Waals surface area contributed by atoms with Gasteiger partial charge in [-0.1, -0.05) is 51.1 Å². The molecule has 7 heteroatoms. The highest BCUT2D eigenvalue weighted by molar-refractivity contribution is 7.16. The predicted octanol–water partition coefficient (Wildman–Crippen LogP) is 5.90. The van der Waals surface area contributed by atoms with Crippen LogP contribution in [0.5, 0.6) is 0 Å². The van der Waals surface area contributed by atoms with E-state index < -0.39 is 17.7 Å². The number of thiazole rings is 1. The number of hydrogen-bond acceptors (Lipinski definition) is 6. The number of carbonyl (C=O) groups is 2. The summed E-state index contributed by atoms with van der Waals surface area (Å²) in [6, 6.07) is 10.6. The van der Waals surface area contributed by atoms with Crippen LogP contribution in [-0.2, 0) is 10.2 Å². The van der Waals surface area contributed by atoms with Crippen LogP contribution in [0.25, 0.3) is 0 Å². The first kappa shape index (κ1) is 21.5. The van der Waals surface area contributed by atoms with Crippen LogP contribution in [0.1, 0.15) is 58.2 Å². The largest absolute Gasteiger partial charge is 0.503 e. The number of Topliss-reactive ketones (excluding diaryl/α,β-unsaturated/α-hetero) is 1. The summed E-state index contributed by atoms with van der Waals surface area (Å²) in [7, 11) is 0. The van der Waals surface area contributed by atoms with Crippen LogP contribution in [0, 0.1) is 13.8 Å². The van der Waals surface area contributed by atoms with Crippen molar-refractivity contribution in [3.63, 3.8) is 0 Å². The monoisotopic (exact) mass is 452 g/mol. The molecule has 0 unspecified atom stereocenters. The van der Waals surface area contributed by atoms with E-state index in [2.05, 4.69) is 25.8 Å². The van der Waals surface area contributed by atoms with Gasteiger partial charge >= 0.3 is 0 Å². The Hall–Kier alpha value is -2.77. The molecular weight excluding hydrogens is 428 g/mol. The third-order valence-electron chi connectivity index (χ3n) is 5.51. The summed E-state index contributed by atoms with van der Waals surface area (Å²) in [4.78, 5) is 33.9. The summed E-state index contributed by atoms with van der Waals surface area (Å²) in [6.07, 6.45) is 0. The van der Waals surface area contributed by atoms with Crippen molar-refractivity contribution in [3.05, 3.63) is 79.7 Å². The summed E-state index contributed by atoms with van der Waals surface area (Å²) in [5.74, 6) is -1.44. The van der Waals surface area contributed by atoms with Gasteiger partial charge in [0, 0.05) is 4.88 Å². The van der Waals surface area contributed by atoms with E-state index in [-0.39, 0.29) is 16.8 Å². The molecule has 0 bridgehead atoms. The van der Waals surface area contributed by atoms with Gasteiger partial charge in [-0.05, 0) is 41.8 Å². The molecule has 1 amide bonds. The Balaban J connectivity index is 1.87. The van der Waals surface area contributed by atoms with Crippen molar-refractivity contribution in [1.29, 1.82) is 0 Å². The fraction of sp³-hybridized carbons (Fsp3) is 0.292. The van der Waals surface area contributed by atoms with Crippen LogP contribution in [0.15, 0.2) is 53.1 Å². The first-order chi connectivity index (χ1) is 14.6. The lowest BCUT2D eigenvalue weighted by Crippen LogP contribution is -2.31. The molecule has 0 saturated carbocycles. The van der Waals surface area contributed by atoms with Crippen molar-refractivity contribution in [2.75, 3.05) is 4.90 Å². The fourth-order valence-corrected chi connectivity index (χ4v) is 5.23. The maximum Gasteiger partial charge on any atom is 0.296 e. The molecule has 3 aromatic rings. The summed E-state index contributed by atoms with van der Waals surface area (Å²) in [6.45, 7) is 10.2. The maximum atomic E-state index is 13.3. The Labute approximate surface area is 189 Å². The van der Waals surface area contributed by atoms with Gasteiger partial charge in [-0.2, -0.15) is 0 Å². The number of aryl methyl sites for hydroxylation is 2. The Kier molecular flexibility index (Phi) is 5.35. The molecule has 4 rings (SSSR count). The van der Waals surface area contributed by atoms with Gasteiger partial charge < -0.3 is 5.11 Å². The average molecular weight is 453 g/mol. The lowest BCUT2D eigenvalue weighted by atomic mass is 9.85. The van der Waals surface area contributed by atoms with E-state index in [9.17, 15) is 14.7 Å². The van der Waals surface area contributed by atoms with Gasteiger partial charge in [0.2, 0.25) is 5.78 Å². The molecule has 0 aliphatic carbocycles. The van der Waals surface area contributed by atoms with Crippen molar-refractivity contribution in [2.24, 2.45) is 0 Å². The maximum absolute atomic E-state index is 13.3. The van der Waals surface area contributed by atoms with Gasteiger partial charge in [-0.15, -0.1) is 22.7 Å². The summed E-state index contributed by atoms with van der Waals surface area (Å²) >= 11 is 2.67. The van der Waals surface area contributed by atoms with E-state index in [1.165, 1.54) is 27.6 Å². The number of carbonyl (C=O) groups excluding carboxylic acids is 2. The fourth-order valence-electron chi connectivity index (χ4n) is 3.61. The van der Waals surface area contributed by atoms with Gasteiger partial charge in [-0.25, -0.2) is 4.98 Å². The number of benzene rings is 1. The van der Waals surface area contributed by atoms with E-state index in [4.69, 9.17) is 0 Å². The average Bonchev–Trinajstić information content (AvgIpc) is 3.42. The normalized spacial score (nSPS) is 17.0. The van der Waals surface area contributed by atoms with E-state index >= 15 is 0 Å². The van der Waals surface area contributed by atoms with Crippen molar-refractivity contribution in [2.45, 2.75) is 46.1 Å². The van der Waals surface area contributed by atoms with Crippen LogP contribution in [0.4, 0.5) is 5.13 Å². The highest BCUT2D eigenvalue weighted by Crippen LogP contribution is 2.44. The molecule has 1 atom stereocenters. The topological polar surface area (TPSA) is 70.5 Å². The Bertz CT molecular complexity index is 1160. The number of aromatic nitrogens is 1. The van der Waals surface area contributed by atoms with Gasteiger partial charge in [-0.3, -0.25) is 14.5 Å². The molecule has 0 radical (unpaired) electrons. The minimum Gasteiger partial charge on any atom is -0.503 e. The third kappa shape index (κ3) is 3.72. The second-order valence-electron chi connectivity index (χ2n) is 8.66. The molecular formula is C24H24N2O3S2. The summed E-state index contributed by atoms with van der Waals surface area (Å²) < 4.78 is 0. The molecule has 1 aromatic carbocycles. The van der Waals surface area contributed by atoms with Crippen LogP contribution >= 0.6 is 22.7 Å². The number of nitrogens with zero attached hydrogens (tertiary/aromatic N) is 2. The minimum atomic E-state index is -0.735. The van der Waals surface area contributed by atoms with E-state index in [0.717, 1.165) is 21.7 Å². The quantitative estimate of drug-likeness (QED) is 0.500. The van der Waals surface area contributed by atoms with Crippen molar-refractivity contribution < 1.29 is 14.7 Å². The predicted molar refractivity (Wildman–Crippen MR) is 125 cm³/mol. The zero-order valence-electron chi connectivity index (χ0n) is 18.1. The van der Waals surface area contributed by atoms with Gasteiger partial charge in [0.05, 0.1) is 22.2 Å². The standard InChI is InChI=1S/C24H24N2O3S2/c1-13-14(2)31-23(25-13)26-19(15-8-10-16(11-9-15)24(3,4)5)18(21(28)22(26)29)20(27)17-7-6-12-30-17/h6-12,19,28H,1-5H3/t19-/m0/s1. The number of thiophene rings is 1. The first-order valence-electron chi connectivity index (χ1n) is 9.99. The number of amides is 1. The Morgan fingerprint density at radius 1 is 1.13 bits per heavy atom. The van der Waals surface area contributed by atoms with Crippen LogP contribution in [0.2, 0.25) is 0 Å². The SMILES string of the molecule is Cc1nc(N2C(=O)C(O)=C(C(=O)c3cccs3)[C@@H]2c2ccc(C(C)(C)C)cc2)sc1C. The van der Waals surface area contributed by atoms with Crippen LogP contribution in [0.3, 0.4) is 0 Å². The molecule has 1 aliphatic heterocycles. The van der Waals surface area contributed by atoms with Gasteiger partial charge in [0.1, 0.15) is 0 Å². The number of rotatable bonds is 4. The van der Waals surface area contributed by atoms with E-state index in [0.29, 0.717) is 10.0 Å². The highest BCUT2D eigenvalue weighted by Gasteiger charge is 2.46. The Morgan fingerprint density at radius 2 is 1.81 bits per heavy atom. The van der Waals surface area contributed by atoms with Gasteiger partial charge in [0.15, 0.2) is 10.9 Å². The van der Waals surface area contributed by atoms with E-state index in [1.807, 2.05) is 38.1 Å². The summed E-state index contributed by atoms with van der Waals surface area (Å²) in [5, 5.41) is 13.1. The van der Waals surface area contributed by atoms with Crippen LogP contribution < -0.4 is 4.90 Å². The molecule has 5 nitrogen and oxygen atoms in total. The number of aliphatic hydroxyl groups is 1. The third-order valence-corrected chi connectivity index (χ3v) is 7.45. The molecule has 0 fully saturated rings. The number of anilines is 1. The second-order valence-corrected chi connectivity index (χ2v) is 10.8. The lowest BCUT2D eigenvalue weighted by Gasteiger charge is -2.26. The van der Waals surface area contributed by atoms with Crippen molar-refractivity contribution >= 4 is 39.5 Å². The highest BCUT2D eigenvalue weighted by atomic mass is 32.1. The molecule has 0 spiro atoms. The summed E-state index contributed by atoms with van der Waals surface area (Å²) in [5.41, 5.74) is 2.80. The zero-order chi connectivity index (χ0) is 22.5. The number of hydrogen-bond donors (Lipinski definition) is 1. The molecule has 2 aromatic heterocycles. The second kappa shape index (κ2) is 7.73. The Morgan fingerprint density at radius 3 is 2.32 bits per heavy atom. The molecule has 1 N–H and O–H groups in total. The van der Waals surface area contributed by atoms with Crippen molar-refractivity contribution in [3.8, 4) is 0 Å². The van der Waals surface area contributed by atoms with Crippen molar-refractivity contribution in [1.82, 2.24) is 4.98 Å². The van der Waals surface area contributed by atoms with Crippen LogP contribution in [-0.4, -0.2) is 21.8 Å². The first-order valence-corrected chi connectivity index (χ1v) is 11.7. The van der Waals surface area contributed by atoms with E-state index in [1.54, 1.807) is 17.5 Å². The molecule has 160 valence electrons. The molecule has 0 saturated heterocycles. The lowest BCUT2D eigenvalue weighted by molar-refractivity contribution is -0.117. The smallest absolute Gasteiger partial charge is 0.296 e. The van der Waals surface area contributed by atoms with Gasteiger partial charge in [0.25, 0.3) is 5.91 Å². The molecule has 3 heterocycles. The zero-order valence-corrected chi connectivity index (χ0v) is 19.7. The molecule has 1 aliphatic rings.